The van der Waals surface area contributed by atoms with E-state index in [1.165, 1.54) is 27.7 Å². The number of ether oxygens (including phenoxy) is 2. The Morgan fingerprint density at radius 3 is 2.67 bits per heavy atom. The summed E-state index contributed by atoms with van der Waals surface area (Å²) in [6.07, 6.45) is -2.61. The number of hydrogen-bond donors (Lipinski definition) is 4. The number of benzene rings is 1. The van der Waals surface area contributed by atoms with E-state index in [9.17, 15) is 20.1 Å². The Balaban J connectivity index is 1.51. The molecule has 0 amide bonds. The number of carboxylic acid groups (broad SMARTS) is 1. The Hall–Kier alpha value is -3.46. The number of fused-ring (bicyclic) bond motifs is 1. The van der Waals surface area contributed by atoms with Crippen LogP contribution in [0.15, 0.2) is 59.7 Å². The number of carbonyl (C=O) groups is 1. The lowest BCUT2D eigenvalue weighted by molar-refractivity contribution is -0.179. The molecule has 4 aromatic rings. The van der Waals surface area contributed by atoms with Crippen LogP contribution in [-0.4, -0.2) is 76.2 Å². The summed E-state index contributed by atoms with van der Waals surface area (Å²) in [7, 11) is 0. The zero-order valence-electron chi connectivity index (χ0n) is 23.1. The number of carboxylic acids is 1. The molecule has 42 heavy (non-hydrogen) atoms. The van der Waals surface area contributed by atoms with Crippen LogP contribution in [0.25, 0.3) is 11.2 Å². The first-order valence-electron chi connectivity index (χ1n) is 13.2. The fourth-order valence-electron chi connectivity index (χ4n) is 5.09. The number of anilines is 1. The van der Waals surface area contributed by atoms with Crippen molar-refractivity contribution < 1.29 is 29.6 Å². The zero-order chi connectivity index (χ0) is 30.2. The number of imidazole rings is 1. The molecule has 0 bridgehead atoms. The van der Waals surface area contributed by atoms with Crippen molar-refractivity contribution in [1.29, 1.82) is 0 Å². The van der Waals surface area contributed by atoms with Crippen molar-refractivity contribution in [3.63, 3.8) is 0 Å². The molecule has 1 aromatic carbocycles. The fourth-order valence-corrected chi connectivity index (χ4v) is 5.87. The summed E-state index contributed by atoms with van der Waals surface area (Å²) in [5, 5.41) is 38.5. The molecule has 1 aliphatic rings. The minimum atomic E-state index is -2.02. The quantitative estimate of drug-likeness (QED) is 0.144. The van der Waals surface area contributed by atoms with E-state index >= 15 is 0 Å². The van der Waals surface area contributed by atoms with Crippen molar-refractivity contribution in [2.24, 2.45) is 0 Å². The molecule has 0 spiro atoms. The number of aliphatic hydroxyl groups excluding tert-OH is 1. The Bertz CT molecular complexity index is 1580. The Morgan fingerprint density at radius 1 is 1.31 bits per heavy atom. The molecular formula is C28H31ClN6O6S. The van der Waals surface area contributed by atoms with Crippen molar-refractivity contribution in [3.05, 3.63) is 76.2 Å². The van der Waals surface area contributed by atoms with Gasteiger partial charge in [-0.2, -0.15) is 9.97 Å². The van der Waals surface area contributed by atoms with E-state index in [1.54, 1.807) is 36.6 Å². The summed E-state index contributed by atoms with van der Waals surface area (Å²) in [6.45, 7) is 8.88. The lowest BCUT2D eigenvalue weighted by Gasteiger charge is -2.34. The zero-order valence-corrected chi connectivity index (χ0v) is 24.7. The third kappa shape index (κ3) is 5.27. The van der Waals surface area contributed by atoms with Crippen LogP contribution in [0.1, 0.15) is 38.3 Å². The van der Waals surface area contributed by atoms with E-state index in [-0.39, 0.29) is 34.7 Å². The second-order valence-corrected chi connectivity index (χ2v) is 11.6. The Kier molecular flexibility index (Phi) is 8.34. The Morgan fingerprint density at radius 2 is 2.05 bits per heavy atom. The molecule has 0 unspecified atom stereocenters. The van der Waals surface area contributed by atoms with Crippen LogP contribution in [0.2, 0.25) is 5.28 Å². The van der Waals surface area contributed by atoms with Crippen LogP contribution in [0, 0.1) is 0 Å². The number of aliphatic hydroxyl groups is 2. The molecule has 5 rings (SSSR count). The van der Waals surface area contributed by atoms with E-state index in [0.29, 0.717) is 16.9 Å². The van der Waals surface area contributed by atoms with Gasteiger partial charge >= 0.3 is 5.97 Å². The number of thiazole rings is 1. The van der Waals surface area contributed by atoms with Gasteiger partial charge in [-0.05, 0) is 43.5 Å². The monoisotopic (exact) mass is 614 g/mol. The standard InChI is InChI=1S/C28H31ClN6O6S/c1-15(2)28(39)19(11-40-27(25(37)38,18-12-42-14-31-18)10-17-8-6-5-7-9-17)41-24(21(28)36)35-13-30-20-22(32-16(3)4)33-26(29)34-23(20)35/h5-9,12-14,16,19,21,24,36,39H,1,10-11H2,2-4H3,(H,37,38)(H,32,33,34)/t19-,21+,24-,27+,28-/m1/s1. The van der Waals surface area contributed by atoms with Crippen molar-refractivity contribution in [2.75, 3.05) is 11.9 Å². The summed E-state index contributed by atoms with van der Waals surface area (Å²) in [5.41, 5.74) is -0.631. The van der Waals surface area contributed by atoms with Crippen LogP contribution in [0.4, 0.5) is 5.82 Å². The van der Waals surface area contributed by atoms with E-state index in [4.69, 9.17) is 21.1 Å². The van der Waals surface area contributed by atoms with E-state index in [2.05, 4.69) is 31.8 Å². The van der Waals surface area contributed by atoms with E-state index in [1.807, 2.05) is 19.9 Å². The summed E-state index contributed by atoms with van der Waals surface area (Å²) in [6, 6.07) is 9.05. The highest BCUT2D eigenvalue weighted by molar-refractivity contribution is 7.07. The summed E-state index contributed by atoms with van der Waals surface area (Å²) >= 11 is 7.44. The van der Waals surface area contributed by atoms with Gasteiger partial charge < -0.3 is 30.1 Å². The van der Waals surface area contributed by atoms with E-state index in [0.717, 1.165) is 0 Å². The molecule has 1 fully saturated rings. The molecule has 1 aliphatic heterocycles. The summed E-state index contributed by atoms with van der Waals surface area (Å²) in [5.74, 6) is -0.861. The minimum absolute atomic E-state index is 0.0239. The van der Waals surface area contributed by atoms with Gasteiger partial charge in [-0.3, -0.25) is 4.57 Å². The first-order valence-corrected chi connectivity index (χ1v) is 14.5. The number of halogens is 1. The van der Waals surface area contributed by atoms with Crippen LogP contribution < -0.4 is 5.32 Å². The molecule has 14 heteroatoms. The molecule has 12 nitrogen and oxygen atoms in total. The molecule has 0 radical (unpaired) electrons. The molecule has 3 aromatic heterocycles. The molecule has 5 atom stereocenters. The second kappa shape index (κ2) is 11.7. The predicted molar refractivity (Wildman–Crippen MR) is 156 cm³/mol. The highest BCUT2D eigenvalue weighted by atomic mass is 35.5. The van der Waals surface area contributed by atoms with Gasteiger partial charge in [0.2, 0.25) is 10.9 Å². The van der Waals surface area contributed by atoms with Gasteiger partial charge in [0.1, 0.15) is 17.8 Å². The SMILES string of the molecule is C=C(C)[C@@]1(O)[C@@H](CO[C@](Cc2ccccc2)(C(=O)O)c2cscn2)O[C@@H](n2cnc3c(NC(C)C)nc(Cl)nc32)[C@@H]1O. The van der Waals surface area contributed by atoms with Crippen molar-refractivity contribution >= 4 is 45.9 Å². The maximum atomic E-state index is 12.9. The molecular weight excluding hydrogens is 584 g/mol. The van der Waals surface area contributed by atoms with Gasteiger partial charge in [0, 0.05) is 17.8 Å². The highest BCUT2D eigenvalue weighted by Crippen LogP contribution is 2.43. The smallest absolute Gasteiger partial charge is 0.342 e. The normalized spacial score (nSPS) is 23.7. The topological polar surface area (TPSA) is 165 Å². The average Bonchev–Trinajstić information content (AvgIpc) is 3.67. The average molecular weight is 615 g/mol. The van der Waals surface area contributed by atoms with Crippen molar-refractivity contribution in [3.8, 4) is 0 Å². The van der Waals surface area contributed by atoms with Gasteiger partial charge in [-0.1, -0.05) is 36.9 Å². The van der Waals surface area contributed by atoms with Crippen LogP contribution in [-0.2, 0) is 26.3 Å². The number of aromatic nitrogens is 5. The highest BCUT2D eigenvalue weighted by Gasteiger charge is 2.58. The van der Waals surface area contributed by atoms with Gasteiger partial charge in [0.15, 0.2) is 23.2 Å². The van der Waals surface area contributed by atoms with Crippen LogP contribution in [0.5, 0.6) is 0 Å². The number of nitrogens with zero attached hydrogens (tertiary/aromatic N) is 5. The fraction of sp³-hybridized carbons (Fsp3) is 0.393. The second-order valence-electron chi connectivity index (χ2n) is 10.5. The number of aliphatic carboxylic acids is 1. The van der Waals surface area contributed by atoms with E-state index < -0.39 is 42.2 Å². The van der Waals surface area contributed by atoms with Crippen LogP contribution >= 0.6 is 22.9 Å². The first kappa shape index (κ1) is 30.0. The predicted octanol–water partition coefficient (Wildman–Crippen LogP) is 3.56. The maximum absolute atomic E-state index is 12.9. The van der Waals surface area contributed by atoms with Crippen molar-refractivity contribution in [1.82, 2.24) is 24.5 Å². The van der Waals surface area contributed by atoms with Gasteiger partial charge in [-0.25, -0.2) is 14.8 Å². The maximum Gasteiger partial charge on any atom is 0.342 e. The van der Waals surface area contributed by atoms with Gasteiger partial charge in [0.05, 0.1) is 24.1 Å². The van der Waals surface area contributed by atoms with Crippen molar-refractivity contribution in [2.45, 2.75) is 62.9 Å². The first-order chi connectivity index (χ1) is 20.0. The largest absolute Gasteiger partial charge is 0.479 e. The summed E-state index contributed by atoms with van der Waals surface area (Å²) in [4.78, 5) is 30.0. The third-order valence-electron chi connectivity index (χ3n) is 7.26. The molecule has 0 aliphatic carbocycles. The number of nitrogens with one attached hydrogen (secondary N) is 1. The minimum Gasteiger partial charge on any atom is -0.479 e. The number of rotatable bonds is 11. The third-order valence-corrected chi connectivity index (χ3v) is 8.02. The van der Waals surface area contributed by atoms with Gasteiger partial charge in [0.25, 0.3) is 0 Å². The molecule has 1 saturated heterocycles. The van der Waals surface area contributed by atoms with Gasteiger partial charge in [-0.15, -0.1) is 11.3 Å². The number of hydrogen-bond acceptors (Lipinski definition) is 11. The lowest BCUT2D eigenvalue weighted by atomic mass is 9.85. The Labute approximate surface area is 250 Å². The molecule has 4 N–H and O–H groups in total. The molecule has 4 heterocycles. The van der Waals surface area contributed by atoms with Crippen LogP contribution in [0.3, 0.4) is 0 Å². The lowest BCUT2D eigenvalue weighted by Crippen LogP contribution is -2.52. The summed E-state index contributed by atoms with van der Waals surface area (Å²) < 4.78 is 13.8. The molecule has 0 saturated carbocycles. The molecule has 222 valence electrons.